The van der Waals surface area contributed by atoms with Crippen LogP contribution in [0.3, 0.4) is 0 Å². The molecular weight excluding hydrogens is 130 g/mol. The molecule has 3 N–H and O–H groups in total. The van der Waals surface area contributed by atoms with E-state index in [1.165, 1.54) is 6.26 Å². The molecule has 0 aliphatic heterocycles. The third kappa shape index (κ3) is 1.20. The van der Waals surface area contributed by atoms with Crippen molar-refractivity contribution in [2.75, 3.05) is 6.61 Å². The molecule has 0 saturated heterocycles. The minimum Gasteiger partial charge on any atom is -0.467 e. The van der Waals surface area contributed by atoms with Gasteiger partial charge in [0.1, 0.15) is 5.76 Å². The zero-order chi connectivity index (χ0) is 7.61. The summed E-state index contributed by atoms with van der Waals surface area (Å²) < 4.78 is 5.00. The number of hydrogen-bond acceptors (Lipinski definition) is 3. The average Bonchev–Trinajstić information content (AvgIpc) is 2.38. The van der Waals surface area contributed by atoms with Crippen molar-refractivity contribution in [2.45, 2.75) is 12.5 Å². The topological polar surface area (TPSA) is 59.4 Å². The number of hydrogen-bond donors (Lipinski definition) is 2. The second-order valence-electron chi connectivity index (χ2n) is 2.55. The lowest BCUT2D eigenvalue weighted by molar-refractivity contribution is 0.188. The Hall–Kier alpha value is -0.800. The molecule has 0 aliphatic carbocycles. The van der Waals surface area contributed by atoms with Gasteiger partial charge in [-0.15, -0.1) is 0 Å². The summed E-state index contributed by atoms with van der Waals surface area (Å²) in [4.78, 5) is 0. The second-order valence-corrected chi connectivity index (χ2v) is 2.55. The van der Waals surface area contributed by atoms with Crippen LogP contribution in [-0.4, -0.2) is 11.7 Å². The summed E-state index contributed by atoms with van der Waals surface area (Å²) in [5.74, 6) is 0.606. The normalized spacial score (nSPS) is 16.7. The van der Waals surface area contributed by atoms with Gasteiger partial charge in [-0.1, -0.05) is 0 Å². The van der Waals surface area contributed by atoms with E-state index in [0.717, 1.165) is 0 Å². The lowest BCUT2D eigenvalue weighted by Crippen LogP contribution is -2.36. The largest absolute Gasteiger partial charge is 0.467 e. The highest BCUT2D eigenvalue weighted by molar-refractivity contribution is 5.09. The van der Waals surface area contributed by atoms with Gasteiger partial charge in [0.15, 0.2) is 0 Å². The van der Waals surface area contributed by atoms with Gasteiger partial charge in [-0.2, -0.15) is 0 Å². The van der Waals surface area contributed by atoms with Crippen LogP contribution in [0.4, 0.5) is 0 Å². The molecule has 56 valence electrons. The molecule has 1 aromatic rings. The van der Waals surface area contributed by atoms with E-state index in [9.17, 15) is 0 Å². The molecule has 1 rings (SSSR count). The summed E-state index contributed by atoms with van der Waals surface area (Å²) in [6.45, 7) is 1.60. The third-order valence-electron chi connectivity index (χ3n) is 1.41. The molecule has 0 bridgehead atoms. The number of rotatable bonds is 2. The predicted octanol–water partition coefficient (Wildman–Crippen LogP) is 0.446. The zero-order valence-electron chi connectivity index (χ0n) is 5.87. The van der Waals surface area contributed by atoms with E-state index in [1.54, 1.807) is 19.1 Å². The lowest BCUT2D eigenvalue weighted by Gasteiger charge is -2.17. The SMILES string of the molecule is C[C@@](N)(CO)c1ccco1. The van der Waals surface area contributed by atoms with Crippen LogP contribution in [0.15, 0.2) is 22.8 Å². The molecular formula is C7H11NO2. The molecule has 0 amide bonds. The van der Waals surface area contributed by atoms with Gasteiger partial charge < -0.3 is 15.3 Å². The summed E-state index contributed by atoms with van der Waals surface area (Å²) >= 11 is 0. The van der Waals surface area contributed by atoms with Gasteiger partial charge in [0.25, 0.3) is 0 Å². The van der Waals surface area contributed by atoms with E-state index in [-0.39, 0.29) is 6.61 Å². The first-order valence-corrected chi connectivity index (χ1v) is 3.10. The Balaban J connectivity index is 2.85. The maximum atomic E-state index is 8.78. The van der Waals surface area contributed by atoms with Crippen molar-refractivity contribution in [3.63, 3.8) is 0 Å². The third-order valence-corrected chi connectivity index (χ3v) is 1.41. The number of nitrogens with two attached hydrogens (primary N) is 1. The summed E-state index contributed by atoms with van der Waals surface area (Å²) in [5.41, 5.74) is 4.89. The van der Waals surface area contributed by atoms with Crippen LogP contribution < -0.4 is 5.73 Å². The van der Waals surface area contributed by atoms with Gasteiger partial charge in [-0.25, -0.2) is 0 Å². The van der Waals surface area contributed by atoms with Gasteiger partial charge in [0, 0.05) is 0 Å². The molecule has 1 atom stereocenters. The van der Waals surface area contributed by atoms with Crippen molar-refractivity contribution in [3.8, 4) is 0 Å². The monoisotopic (exact) mass is 141 g/mol. The van der Waals surface area contributed by atoms with Crippen molar-refractivity contribution in [3.05, 3.63) is 24.2 Å². The van der Waals surface area contributed by atoms with Crippen LogP contribution in [0, 0.1) is 0 Å². The lowest BCUT2D eigenvalue weighted by atomic mass is 10.0. The molecule has 0 unspecified atom stereocenters. The second kappa shape index (κ2) is 2.44. The molecule has 10 heavy (non-hydrogen) atoms. The summed E-state index contributed by atoms with van der Waals surface area (Å²) in [6.07, 6.45) is 1.54. The Morgan fingerprint density at radius 2 is 2.50 bits per heavy atom. The van der Waals surface area contributed by atoms with Gasteiger partial charge in [-0.3, -0.25) is 0 Å². The van der Waals surface area contributed by atoms with Crippen molar-refractivity contribution < 1.29 is 9.52 Å². The number of aliphatic hydroxyl groups excluding tert-OH is 1. The Morgan fingerprint density at radius 1 is 1.80 bits per heavy atom. The first-order chi connectivity index (χ1) is 4.67. The molecule has 3 heteroatoms. The number of furan rings is 1. The van der Waals surface area contributed by atoms with Crippen LogP contribution in [0.25, 0.3) is 0 Å². The highest BCUT2D eigenvalue weighted by Gasteiger charge is 2.22. The maximum Gasteiger partial charge on any atom is 0.125 e. The molecule has 1 aromatic heterocycles. The van der Waals surface area contributed by atoms with Gasteiger partial charge >= 0.3 is 0 Å². The van der Waals surface area contributed by atoms with E-state index < -0.39 is 5.54 Å². The first-order valence-electron chi connectivity index (χ1n) is 3.10. The molecule has 0 saturated carbocycles. The summed E-state index contributed by atoms with van der Waals surface area (Å²) in [5, 5.41) is 8.78. The van der Waals surface area contributed by atoms with E-state index in [4.69, 9.17) is 15.3 Å². The van der Waals surface area contributed by atoms with Crippen molar-refractivity contribution in [2.24, 2.45) is 5.73 Å². The van der Waals surface area contributed by atoms with E-state index in [1.807, 2.05) is 0 Å². The fourth-order valence-electron chi connectivity index (χ4n) is 0.681. The Morgan fingerprint density at radius 3 is 2.90 bits per heavy atom. The Bertz CT molecular complexity index is 191. The van der Waals surface area contributed by atoms with Crippen LogP contribution in [0.2, 0.25) is 0 Å². The first kappa shape index (κ1) is 7.31. The minimum absolute atomic E-state index is 0.111. The fourth-order valence-corrected chi connectivity index (χ4v) is 0.681. The summed E-state index contributed by atoms with van der Waals surface area (Å²) in [7, 11) is 0. The quantitative estimate of drug-likeness (QED) is 0.628. The van der Waals surface area contributed by atoms with Crippen molar-refractivity contribution in [1.82, 2.24) is 0 Å². The number of aliphatic hydroxyl groups is 1. The van der Waals surface area contributed by atoms with E-state index in [0.29, 0.717) is 5.76 Å². The molecule has 0 aromatic carbocycles. The van der Waals surface area contributed by atoms with Gasteiger partial charge in [0.05, 0.1) is 18.4 Å². The Labute approximate surface area is 59.5 Å². The van der Waals surface area contributed by atoms with Gasteiger partial charge in [0.2, 0.25) is 0 Å². The van der Waals surface area contributed by atoms with Crippen LogP contribution in [0.1, 0.15) is 12.7 Å². The van der Waals surface area contributed by atoms with Crippen molar-refractivity contribution >= 4 is 0 Å². The highest BCUT2D eigenvalue weighted by Crippen LogP contribution is 2.16. The highest BCUT2D eigenvalue weighted by atomic mass is 16.3. The molecule has 1 heterocycles. The van der Waals surface area contributed by atoms with Crippen LogP contribution in [0.5, 0.6) is 0 Å². The smallest absolute Gasteiger partial charge is 0.125 e. The van der Waals surface area contributed by atoms with Gasteiger partial charge in [-0.05, 0) is 19.1 Å². The molecule has 0 fully saturated rings. The molecule has 3 nitrogen and oxygen atoms in total. The van der Waals surface area contributed by atoms with Crippen LogP contribution >= 0.6 is 0 Å². The zero-order valence-corrected chi connectivity index (χ0v) is 5.87. The maximum absolute atomic E-state index is 8.78. The standard InChI is InChI=1S/C7H11NO2/c1-7(8,5-9)6-3-2-4-10-6/h2-4,9H,5,8H2,1H3/t7-/m1/s1. The summed E-state index contributed by atoms with van der Waals surface area (Å²) in [6, 6.07) is 3.49. The average molecular weight is 141 g/mol. The minimum atomic E-state index is -0.747. The Kier molecular flexibility index (Phi) is 1.78. The van der Waals surface area contributed by atoms with E-state index >= 15 is 0 Å². The predicted molar refractivity (Wildman–Crippen MR) is 37.3 cm³/mol. The molecule has 0 radical (unpaired) electrons. The molecule has 0 aliphatic rings. The fraction of sp³-hybridized carbons (Fsp3) is 0.429. The molecule has 0 spiro atoms. The van der Waals surface area contributed by atoms with Crippen molar-refractivity contribution in [1.29, 1.82) is 0 Å². The van der Waals surface area contributed by atoms with E-state index in [2.05, 4.69) is 0 Å². The van der Waals surface area contributed by atoms with Crippen LogP contribution in [-0.2, 0) is 5.54 Å².